The molecule has 9 heteroatoms. The fraction of sp³-hybridized carbons (Fsp3) is 0.571. The Morgan fingerprint density at radius 1 is 1.30 bits per heavy atom. The van der Waals surface area contributed by atoms with E-state index in [2.05, 4.69) is 52.2 Å². The van der Waals surface area contributed by atoms with Crippen molar-refractivity contribution < 1.29 is 14.6 Å². The van der Waals surface area contributed by atoms with Crippen LogP contribution >= 0.6 is 34.2 Å². The van der Waals surface area contributed by atoms with Crippen LogP contribution in [-0.4, -0.2) is 47.5 Å². The van der Waals surface area contributed by atoms with E-state index >= 15 is 0 Å². The Bertz CT molecular complexity index is 675. The lowest BCUT2D eigenvalue weighted by Gasteiger charge is -2.15. The Morgan fingerprint density at radius 3 is 2.70 bits per heavy atom. The highest BCUT2D eigenvalue weighted by molar-refractivity contribution is 14.1. The molecule has 0 saturated carbocycles. The first-order valence-electron chi connectivity index (χ1n) is 7.35. The number of aromatic nitrogens is 3. The van der Waals surface area contributed by atoms with Crippen molar-refractivity contribution in [3.63, 3.8) is 0 Å². The van der Waals surface area contributed by atoms with Gasteiger partial charge in [-0.3, -0.25) is 0 Å². The molecule has 2 aromatic heterocycles. The average Bonchev–Trinajstić information content (AvgIpc) is 2.76. The Kier molecular flexibility index (Phi) is 6.66. The van der Waals surface area contributed by atoms with Crippen LogP contribution in [-0.2, 0) is 11.5 Å². The summed E-state index contributed by atoms with van der Waals surface area (Å²) in [5, 5.41) is 9.83. The molecule has 0 spiro atoms. The van der Waals surface area contributed by atoms with E-state index in [0.717, 1.165) is 21.6 Å². The molecule has 2 rings (SSSR count). The van der Waals surface area contributed by atoms with Crippen LogP contribution in [0, 0.1) is 3.57 Å². The van der Waals surface area contributed by atoms with Gasteiger partial charge in [0, 0.05) is 24.4 Å². The third-order valence-corrected chi connectivity index (χ3v) is 5.86. The van der Waals surface area contributed by atoms with E-state index in [0.29, 0.717) is 18.3 Å². The summed E-state index contributed by atoms with van der Waals surface area (Å²) in [5.41, 5.74) is 0.676. The van der Waals surface area contributed by atoms with Crippen LogP contribution in [0.15, 0.2) is 6.20 Å². The molecule has 23 heavy (non-hydrogen) atoms. The lowest BCUT2D eigenvalue weighted by molar-refractivity contribution is 0.0898. The zero-order chi connectivity index (χ0) is 17.0. The third kappa shape index (κ3) is 5.28. The predicted molar refractivity (Wildman–Crippen MR) is 102 cm³/mol. The number of fused-ring (bicyclic) bond motifs is 1. The summed E-state index contributed by atoms with van der Waals surface area (Å²) >= 11 is 8.20. The molecule has 0 atom stereocenters. The van der Waals surface area contributed by atoms with Crippen molar-refractivity contribution in [1.82, 2.24) is 14.5 Å². The number of hydrogen-bond acceptors (Lipinski definition) is 5. The second kappa shape index (κ2) is 8.10. The van der Waals surface area contributed by atoms with Crippen LogP contribution in [0.2, 0.25) is 31.0 Å². The number of nitrogens with zero attached hydrogens (tertiary/aromatic N) is 3. The van der Waals surface area contributed by atoms with Crippen molar-refractivity contribution in [2.45, 2.75) is 32.4 Å². The van der Waals surface area contributed by atoms with E-state index in [1.165, 1.54) is 0 Å². The molecule has 0 fully saturated rings. The van der Waals surface area contributed by atoms with E-state index in [-0.39, 0.29) is 18.5 Å². The summed E-state index contributed by atoms with van der Waals surface area (Å²) in [4.78, 5) is 8.40. The summed E-state index contributed by atoms with van der Waals surface area (Å²) < 4.78 is 14.1. The molecule has 0 radical (unpaired) electrons. The molecular formula is C14H21ClIN3O3Si. The molecule has 0 bridgehead atoms. The molecule has 6 nitrogen and oxygen atoms in total. The minimum absolute atomic E-state index is 0.0831. The van der Waals surface area contributed by atoms with Crippen LogP contribution in [0.25, 0.3) is 11.0 Å². The normalized spacial score (nSPS) is 12.1. The van der Waals surface area contributed by atoms with Gasteiger partial charge in [-0.1, -0.05) is 19.6 Å². The monoisotopic (exact) mass is 469 g/mol. The van der Waals surface area contributed by atoms with Gasteiger partial charge in [0.15, 0.2) is 5.65 Å². The summed E-state index contributed by atoms with van der Waals surface area (Å²) in [6.07, 6.45) is 1.94. The van der Waals surface area contributed by atoms with Gasteiger partial charge in [0.25, 0.3) is 0 Å². The Hall–Kier alpha value is -0.423. The molecule has 2 aromatic rings. The minimum atomic E-state index is -1.10. The van der Waals surface area contributed by atoms with Crippen LogP contribution in [0.3, 0.4) is 0 Å². The SMILES string of the molecule is C[Si](C)(C)CCOCn1cc(I)c2c(OCCO)nc(Cl)nc21. The van der Waals surface area contributed by atoms with Gasteiger partial charge in [-0.05, 0) is 40.2 Å². The van der Waals surface area contributed by atoms with Gasteiger partial charge in [-0.2, -0.15) is 9.97 Å². The fourth-order valence-electron chi connectivity index (χ4n) is 1.97. The van der Waals surface area contributed by atoms with Crippen molar-refractivity contribution in [1.29, 1.82) is 0 Å². The summed E-state index contributed by atoms with van der Waals surface area (Å²) in [5.74, 6) is 0.388. The van der Waals surface area contributed by atoms with Crippen molar-refractivity contribution in [3.8, 4) is 5.88 Å². The second-order valence-electron chi connectivity index (χ2n) is 6.36. The highest BCUT2D eigenvalue weighted by atomic mass is 127. The zero-order valence-corrected chi connectivity index (χ0v) is 17.4. The maximum atomic E-state index is 8.93. The third-order valence-electron chi connectivity index (χ3n) is 3.17. The van der Waals surface area contributed by atoms with Crippen LogP contribution in [0.1, 0.15) is 0 Å². The number of rotatable bonds is 8. The number of ether oxygens (including phenoxy) is 2. The minimum Gasteiger partial charge on any atom is -0.475 e. The fourth-order valence-corrected chi connectivity index (χ4v) is 3.69. The van der Waals surface area contributed by atoms with Gasteiger partial charge < -0.3 is 19.1 Å². The van der Waals surface area contributed by atoms with Crippen molar-refractivity contribution in [2.75, 3.05) is 19.8 Å². The van der Waals surface area contributed by atoms with Crippen LogP contribution < -0.4 is 4.74 Å². The highest BCUT2D eigenvalue weighted by Crippen LogP contribution is 2.30. The van der Waals surface area contributed by atoms with Crippen LogP contribution in [0.5, 0.6) is 5.88 Å². The molecule has 0 saturated heterocycles. The van der Waals surface area contributed by atoms with E-state index in [1.54, 1.807) is 0 Å². The topological polar surface area (TPSA) is 69.4 Å². The standard InChI is InChI=1S/C14H21ClIN3O3Si/c1-23(2,3)7-6-21-9-19-8-10(16)11-12(19)17-14(15)18-13(11)22-5-4-20/h8,20H,4-7,9H2,1-3H3. The van der Waals surface area contributed by atoms with Crippen molar-refractivity contribution in [3.05, 3.63) is 15.1 Å². The lowest BCUT2D eigenvalue weighted by atomic mass is 10.4. The van der Waals surface area contributed by atoms with E-state index in [1.807, 2.05) is 10.8 Å². The molecule has 0 aromatic carbocycles. The predicted octanol–water partition coefficient (Wildman–Crippen LogP) is 3.37. The molecule has 0 unspecified atom stereocenters. The van der Waals surface area contributed by atoms with Crippen LogP contribution in [0.4, 0.5) is 0 Å². The summed E-state index contributed by atoms with van der Waals surface area (Å²) in [7, 11) is -1.10. The number of aliphatic hydroxyl groups is 1. The molecule has 128 valence electrons. The second-order valence-corrected chi connectivity index (χ2v) is 13.5. The Labute approximate surface area is 155 Å². The first-order valence-corrected chi connectivity index (χ1v) is 12.5. The van der Waals surface area contributed by atoms with Crippen molar-refractivity contribution in [2.24, 2.45) is 0 Å². The van der Waals surface area contributed by atoms with Gasteiger partial charge in [-0.15, -0.1) is 0 Å². The highest BCUT2D eigenvalue weighted by Gasteiger charge is 2.17. The molecule has 1 N–H and O–H groups in total. The maximum absolute atomic E-state index is 8.93. The van der Waals surface area contributed by atoms with Gasteiger partial charge in [0.1, 0.15) is 13.3 Å². The van der Waals surface area contributed by atoms with Gasteiger partial charge in [0.2, 0.25) is 11.2 Å². The Balaban J connectivity index is 2.19. The van der Waals surface area contributed by atoms with Crippen molar-refractivity contribution >= 4 is 53.3 Å². The van der Waals surface area contributed by atoms with Gasteiger partial charge in [-0.25, -0.2) is 0 Å². The molecule has 2 heterocycles. The number of halogens is 2. The molecule has 0 aliphatic rings. The number of aliphatic hydroxyl groups excluding tert-OH is 1. The first kappa shape index (κ1) is 18.9. The average molecular weight is 470 g/mol. The molecular weight excluding hydrogens is 449 g/mol. The molecule has 0 aliphatic carbocycles. The molecule has 0 amide bonds. The Morgan fingerprint density at radius 2 is 2.04 bits per heavy atom. The van der Waals surface area contributed by atoms with E-state index in [4.69, 9.17) is 26.2 Å². The first-order chi connectivity index (χ1) is 10.8. The quantitative estimate of drug-likeness (QED) is 0.278. The zero-order valence-electron chi connectivity index (χ0n) is 13.5. The molecule has 0 aliphatic heterocycles. The van der Waals surface area contributed by atoms with E-state index < -0.39 is 8.07 Å². The number of hydrogen-bond donors (Lipinski definition) is 1. The van der Waals surface area contributed by atoms with Gasteiger partial charge >= 0.3 is 0 Å². The smallest absolute Gasteiger partial charge is 0.228 e. The largest absolute Gasteiger partial charge is 0.475 e. The lowest BCUT2D eigenvalue weighted by Crippen LogP contribution is -2.22. The van der Waals surface area contributed by atoms with Gasteiger partial charge in [0.05, 0.1) is 12.0 Å². The summed E-state index contributed by atoms with van der Waals surface area (Å²) in [6.45, 7) is 8.19. The summed E-state index contributed by atoms with van der Waals surface area (Å²) in [6, 6.07) is 1.11. The van der Waals surface area contributed by atoms with E-state index in [9.17, 15) is 0 Å². The maximum Gasteiger partial charge on any atom is 0.228 e.